The van der Waals surface area contributed by atoms with Gasteiger partial charge < -0.3 is 0 Å². The van der Waals surface area contributed by atoms with E-state index in [9.17, 15) is 0 Å². The van der Waals surface area contributed by atoms with Gasteiger partial charge in [-0.3, -0.25) is 9.80 Å². The largest absolute Gasteiger partial charge is 0.297 e. The zero-order valence-corrected chi connectivity index (χ0v) is 16.6. The van der Waals surface area contributed by atoms with Crippen LogP contribution in [-0.2, 0) is 19.5 Å². The van der Waals surface area contributed by atoms with Gasteiger partial charge in [-0.15, -0.1) is 0 Å². The molecule has 1 saturated heterocycles. The Labute approximate surface area is 169 Å². The molecule has 0 radical (unpaired) electrons. The summed E-state index contributed by atoms with van der Waals surface area (Å²) in [7, 11) is 0. The van der Waals surface area contributed by atoms with Crippen LogP contribution >= 0.6 is 0 Å². The topological polar surface area (TPSA) is 6.48 Å². The number of rotatable bonds is 6. The molecule has 0 bridgehead atoms. The van der Waals surface area contributed by atoms with Crippen molar-refractivity contribution in [2.24, 2.45) is 0 Å². The lowest BCUT2D eigenvalue weighted by atomic mass is 10.0. The highest BCUT2D eigenvalue weighted by atomic mass is 15.2. The summed E-state index contributed by atoms with van der Waals surface area (Å²) in [4.78, 5) is 5.35. The van der Waals surface area contributed by atoms with Crippen molar-refractivity contribution in [2.75, 3.05) is 19.6 Å². The van der Waals surface area contributed by atoms with Crippen LogP contribution in [0.2, 0.25) is 0 Å². The van der Waals surface area contributed by atoms with Crippen molar-refractivity contribution < 1.29 is 0 Å². The lowest BCUT2D eigenvalue weighted by Crippen LogP contribution is -2.42. The first-order valence-corrected chi connectivity index (χ1v) is 10.4. The highest BCUT2D eigenvalue weighted by Crippen LogP contribution is 2.19. The molecule has 1 aliphatic heterocycles. The molecule has 0 saturated carbocycles. The minimum Gasteiger partial charge on any atom is -0.297 e. The first kappa shape index (κ1) is 18.9. The zero-order valence-electron chi connectivity index (χ0n) is 16.6. The van der Waals surface area contributed by atoms with Gasteiger partial charge in [-0.1, -0.05) is 91.0 Å². The molecule has 3 aromatic rings. The van der Waals surface area contributed by atoms with Gasteiger partial charge in [-0.2, -0.15) is 0 Å². The molecular weight excluding hydrogens is 340 g/mol. The predicted octanol–water partition coefficient (Wildman–Crippen LogP) is 5.01. The van der Waals surface area contributed by atoms with Gasteiger partial charge in [0.05, 0.1) is 0 Å². The van der Waals surface area contributed by atoms with Gasteiger partial charge in [0.2, 0.25) is 0 Å². The quantitative estimate of drug-likeness (QED) is 0.602. The van der Waals surface area contributed by atoms with Crippen LogP contribution in [0.4, 0.5) is 0 Å². The van der Waals surface area contributed by atoms with E-state index in [-0.39, 0.29) is 0 Å². The predicted molar refractivity (Wildman–Crippen MR) is 117 cm³/mol. The van der Waals surface area contributed by atoms with Crippen molar-refractivity contribution in [3.8, 4) is 0 Å². The summed E-state index contributed by atoms with van der Waals surface area (Å²) in [6, 6.07) is 33.3. The Kier molecular flexibility index (Phi) is 6.54. The van der Waals surface area contributed by atoms with Crippen LogP contribution < -0.4 is 0 Å². The molecule has 0 N–H and O–H groups in total. The molecular formula is C26H30N2. The van der Waals surface area contributed by atoms with Crippen molar-refractivity contribution in [1.82, 2.24) is 9.80 Å². The lowest BCUT2D eigenvalue weighted by Gasteiger charge is -2.32. The van der Waals surface area contributed by atoms with Gasteiger partial charge in [0.25, 0.3) is 0 Å². The zero-order chi connectivity index (χ0) is 19.0. The number of hydrogen-bond acceptors (Lipinski definition) is 2. The second kappa shape index (κ2) is 9.68. The average Bonchev–Trinajstić information content (AvgIpc) is 2.92. The minimum atomic E-state index is 0.536. The Morgan fingerprint density at radius 1 is 0.607 bits per heavy atom. The standard InChI is InChI=1S/C26H30N2/c1-4-11-23(12-5-1)19-26-22-27(20-24-13-6-2-7-14-24)17-10-18-28(26)21-25-15-8-3-9-16-25/h1-9,11-16,26H,10,17-22H2/t26-/m0/s1. The van der Waals surface area contributed by atoms with Crippen LogP contribution in [0.3, 0.4) is 0 Å². The highest BCUT2D eigenvalue weighted by molar-refractivity contribution is 5.18. The summed E-state index contributed by atoms with van der Waals surface area (Å²) in [6.45, 7) is 5.54. The molecule has 1 aliphatic rings. The van der Waals surface area contributed by atoms with Crippen molar-refractivity contribution >= 4 is 0 Å². The molecule has 1 heterocycles. The second-order valence-electron chi connectivity index (χ2n) is 7.87. The third-order valence-corrected chi connectivity index (χ3v) is 5.70. The second-order valence-corrected chi connectivity index (χ2v) is 7.87. The molecule has 0 amide bonds. The summed E-state index contributed by atoms with van der Waals surface area (Å²) in [6.07, 6.45) is 2.34. The SMILES string of the molecule is c1ccc(C[C@H]2CN(Cc3ccccc3)CCCN2Cc2ccccc2)cc1. The van der Waals surface area contributed by atoms with E-state index in [1.165, 1.54) is 29.7 Å². The monoisotopic (exact) mass is 370 g/mol. The van der Waals surface area contributed by atoms with E-state index >= 15 is 0 Å². The van der Waals surface area contributed by atoms with Gasteiger partial charge in [0, 0.05) is 32.2 Å². The first-order chi connectivity index (χ1) is 13.9. The van der Waals surface area contributed by atoms with E-state index in [1.807, 2.05) is 0 Å². The van der Waals surface area contributed by atoms with E-state index in [1.54, 1.807) is 0 Å². The van der Waals surface area contributed by atoms with Gasteiger partial charge in [-0.25, -0.2) is 0 Å². The molecule has 0 spiro atoms. The van der Waals surface area contributed by atoms with Gasteiger partial charge in [0.1, 0.15) is 0 Å². The smallest absolute Gasteiger partial charge is 0.0267 e. The third kappa shape index (κ3) is 5.31. The summed E-state index contributed by atoms with van der Waals surface area (Å²) >= 11 is 0. The number of benzene rings is 3. The fraction of sp³-hybridized carbons (Fsp3) is 0.308. The van der Waals surface area contributed by atoms with Crippen LogP contribution in [0.5, 0.6) is 0 Å². The molecule has 2 heteroatoms. The average molecular weight is 371 g/mol. The Morgan fingerprint density at radius 3 is 1.75 bits per heavy atom. The first-order valence-electron chi connectivity index (χ1n) is 10.4. The maximum absolute atomic E-state index is 2.70. The van der Waals surface area contributed by atoms with E-state index in [2.05, 4.69) is 101 Å². The van der Waals surface area contributed by atoms with Crippen LogP contribution in [0.1, 0.15) is 23.1 Å². The summed E-state index contributed by atoms with van der Waals surface area (Å²) in [5.41, 5.74) is 4.27. The van der Waals surface area contributed by atoms with Crippen molar-refractivity contribution in [3.63, 3.8) is 0 Å². The summed E-state index contributed by atoms with van der Waals surface area (Å²) < 4.78 is 0. The maximum Gasteiger partial charge on any atom is 0.0267 e. The number of hydrogen-bond donors (Lipinski definition) is 0. The van der Waals surface area contributed by atoms with Crippen LogP contribution in [0.15, 0.2) is 91.0 Å². The van der Waals surface area contributed by atoms with Crippen LogP contribution in [0.25, 0.3) is 0 Å². The Morgan fingerprint density at radius 2 is 1.14 bits per heavy atom. The molecule has 0 aromatic heterocycles. The minimum absolute atomic E-state index is 0.536. The summed E-state index contributed by atoms with van der Waals surface area (Å²) in [5.74, 6) is 0. The molecule has 1 atom stereocenters. The fourth-order valence-electron chi connectivity index (χ4n) is 4.28. The van der Waals surface area contributed by atoms with Gasteiger partial charge in [-0.05, 0) is 36.1 Å². The molecule has 3 aromatic carbocycles. The Balaban J connectivity index is 1.51. The molecule has 28 heavy (non-hydrogen) atoms. The third-order valence-electron chi connectivity index (χ3n) is 5.70. The highest BCUT2D eigenvalue weighted by Gasteiger charge is 2.25. The summed E-state index contributed by atoms with van der Waals surface area (Å²) in [5, 5.41) is 0. The van der Waals surface area contributed by atoms with Crippen LogP contribution in [0, 0.1) is 0 Å². The van der Waals surface area contributed by atoms with Crippen LogP contribution in [-0.4, -0.2) is 35.5 Å². The van der Waals surface area contributed by atoms with Gasteiger partial charge in [0.15, 0.2) is 0 Å². The Bertz CT molecular complexity index is 817. The van der Waals surface area contributed by atoms with Gasteiger partial charge >= 0.3 is 0 Å². The molecule has 0 aliphatic carbocycles. The van der Waals surface area contributed by atoms with E-state index in [0.29, 0.717) is 6.04 Å². The van der Waals surface area contributed by atoms with E-state index in [0.717, 1.165) is 32.6 Å². The fourth-order valence-corrected chi connectivity index (χ4v) is 4.28. The normalized spacial score (nSPS) is 18.6. The molecule has 144 valence electrons. The number of nitrogens with zero attached hydrogens (tertiary/aromatic N) is 2. The molecule has 4 rings (SSSR count). The molecule has 1 fully saturated rings. The van der Waals surface area contributed by atoms with Crippen molar-refractivity contribution in [3.05, 3.63) is 108 Å². The van der Waals surface area contributed by atoms with Crippen molar-refractivity contribution in [2.45, 2.75) is 32.0 Å². The Hall–Kier alpha value is -2.42. The van der Waals surface area contributed by atoms with E-state index < -0.39 is 0 Å². The lowest BCUT2D eigenvalue weighted by molar-refractivity contribution is 0.167. The van der Waals surface area contributed by atoms with E-state index in [4.69, 9.17) is 0 Å². The maximum atomic E-state index is 2.70. The molecule has 0 unspecified atom stereocenters. The van der Waals surface area contributed by atoms with Crippen molar-refractivity contribution in [1.29, 1.82) is 0 Å². The molecule has 2 nitrogen and oxygen atoms in total.